The van der Waals surface area contributed by atoms with Crippen LogP contribution in [-0.4, -0.2) is 76.9 Å². The summed E-state index contributed by atoms with van der Waals surface area (Å²) in [7, 11) is -3.14. The molecular weight excluding hydrogens is 330 g/mol. The molecule has 0 aliphatic carbocycles. The molecule has 9 heteroatoms. The van der Waals surface area contributed by atoms with E-state index in [-0.39, 0.29) is 35.7 Å². The van der Waals surface area contributed by atoms with Crippen molar-refractivity contribution >= 4 is 15.9 Å². The molecule has 134 valence electrons. The molecule has 3 heterocycles. The molecule has 0 spiro atoms. The van der Waals surface area contributed by atoms with Crippen molar-refractivity contribution in [2.45, 2.75) is 45.4 Å². The molecule has 2 amide bonds. The van der Waals surface area contributed by atoms with Gasteiger partial charge in [0.05, 0.1) is 29.6 Å². The molecule has 0 bridgehead atoms. The summed E-state index contributed by atoms with van der Waals surface area (Å²) >= 11 is 0. The zero-order chi connectivity index (χ0) is 17.5. The highest BCUT2D eigenvalue weighted by Gasteiger charge is 2.48. The second-order valence-electron chi connectivity index (χ2n) is 6.95. The highest BCUT2D eigenvalue weighted by Crippen LogP contribution is 2.28. The number of rotatable bonds is 3. The third-order valence-electron chi connectivity index (χ3n) is 4.75. The largest absolute Gasteiger partial charge is 0.348 e. The molecule has 2 N–H and O–H groups in total. The van der Waals surface area contributed by atoms with E-state index < -0.39 is 9.84 Å². The topological polar surface area (TPSA) is 98.4 Å². The lowest BCUT2D eigenvalue weighted by atomic mass is 10.0. The van der Waals surface area contributed by atoms with Gasteiger partial charge < -0.3 is 15.2 Å². The minimum Gasteiger partial charge on any atom is -0.348 e. The summed E-state index contributed by atoms with van der Waals surface area (Å²) in [5.41, 5.74) is 1.92. The Bertz CT molecular complexity index is 714. The Kier molecular flexibility index (Phi) is 4.56. The van der Waals surface area contributed by atoms with Gasteiger partial charge in [-0.25, -0.2) is 18.2 Å². The van der Waals surface area contributed by atoms with Gasteiger partial charge in [-0.3, -0.25) is 4.90 Å². The van der Waals surface area contributed by atoms with Gasteiger partial charge in [-0.2, -0.15) is 0 Å². The van der Waals surface area contributed by atoms with Gasteiger partial charge in [0.15, 0.2) is 9.84 Å². The van der Waals surface area contributed by atoms with E-state index in [0.29, 0.717) is 19.6 Å². The van der Waals surface area contributed by atoms with Crippen LogP contribution in [0.4, 0.5) is 4.79 Å². The maximum atomic E-state index is 12.4. The number of hydrogen-bond acceptors (Lipinski definition) is 5. The summed E-state index contributed by atoms with van der Waals surface area (Å²) in [6, 6.07) is -0.606. The lowest BCUT2D eigenvalue weighted by molar-refractivity contribution is 0.0592. The first-order valence-electron chi connectivity index (χ1n) is 8.27. The Balaban J connectivity index is 1.80. The molecule has 0 radical (unpaired) electrons. The second kappa shape index (κ2) is 6.36. The van der Waals surface area contributed by atoms with Crippen LogP contribution >= 0.6 is 0 Å². The van der Waals surface area contributed by atoms with E-state index in [1.165, 1.54) is 0 Å². The molecule has 8 nitrogen and oxygen atoms in total. The van der Waals surface area contributed by atoms with Gasteiger partial charge in [-0.1, -0.05) is 0 Å². The Morgan fingerprint density at radius 3 is 2.71 bits per heavy atom. The summed E-state index contributed by atoms with van der Waals surface area (Å²) in [6.45, 7) is 7.53. The van der Waals surface area contributed by atoms with Gasteiger partial charge in [0, 0.05) is 37.4 Å². The van der Waals surface area contributed by atoms with Crippen LogP contribution in [0, 0.1) is 6.92 Å². The van der Waals surface area contributed by atoms with Crippen molar-refractivity contribution in [1.82, 2.24) is 25.1 Å². The number of piperazine rings is 1. The summed E-state index contributed by atoms with van der Waals surface area (Å²) in [4.78, 5) is 23.6. The molecule has 2 aliphatic heterocycles. The number of amides is 2. The lowest BCUT2D eigenvalue weighted by Gasteiger charge is -2.43. The number of nitrogens with zero attached hydrogens (tertiary/aromatic N) is 3. The van der Waals surface area contributed by atoms with Gasteiger partial charge in [0.1, 0.15) is 0 Å². The smallest absolute Gasteiger partial charge is 0.317 e. The zero-order valence-corrected chi connectivity index (χ0v) is 15.1. The van der Waals surface area contributed by atoms with Crippen LogP contribution in [0.3, 0.4) is 0 Å². The molecule has 2 fully saturated rings. The quantitative estimate of drug-likeness (QED) is 0.802. The van der Waals surface area contributed by atoms with Crippen LogP contribution in [-0.2, 0) is 16.4 Å². The molecular formula is C15H25N5O3S. The van der Waals surface area contributed by atoms with E-state index in [9.17, 15) is 13.2 Å². The Morgan fingerprint density at radius 2 is 2.08 bits per heavy atom. The second-order valence-corrected chi connectivity index (χ2v) is 9.11. The molecule has 1 aromatic heterocycles. The third kappa shape index (κ3) is 3.41. The number of imidazole rings is 1. The number of sulfone groups is 1. The summed E-state index contributed by atoms with van der Waals surface area (Å²) in [5.74, 6) is 0.145. The van der Waals surface area contributed by atoms with E-state index in [4.69, 9.17) is 0 Å². The minimum absolute atomic E-state index is 0.0266. The standard InChI is InChI=1S/C15H25N5O3S/c1-10(2)18-15(21)20-5-4-19(6-12-11(3)16-9-17-12)13-7-24(22,23)8-14(13)20/h9-10,13-14H,4-8H2,1-3H3,(H,16,17)(H,18,21)/t13-,14+/m0/s1. The maximum absolute atomic E-state index is 12.4. The normalized spacial score (nSPS) is 26.6. The number of carbonyl (C=O) groups is 1. The highest BCUT2D eigenvalue weighted by atomic mass is 32.2. The van der Waals surface area contributed by atoms with Crippen LogP contribution < -0.4 is 5.32 Å². The van der Waals surface area contributed by atoms with Gasteiger partial charge in [0.2, 0.25) is 0 Å². The van der Waals surface area contributed by atoms with Crippen molar-refractivity contribution in [2.24, 2.45) is 0 Å². The van der Waals surface area contributed by atoms with Gasteiger partial charge in [0.25, 0.3) is 0 Å². The molecule has 2 atom stereocenters. The molecule has 2 saturated heterocycles. The van der Waals surface area contributed by atoms with Crippen molar-refractivity contribution in [3.63, 3.8) is 0 Å². The van der Waals surface area contributed by atoms with E-state index >= 15 is 0 Å². The number of aromatic amines is 1. The Hall–Kier alpha value is -1.61. The average molecular weight is 355 g/mol. The van der Waals surface area contributed by atoms with Crippen LogP contribution in [0.25, 0.3) is 0 Å². The number of nitrogens with one attached hydrogen (secondary N) is 2. The van der Waals surface area contributed by atoms with E-state index in [1.807, 2.05) is 20.8 Å². The fraction of sp³-hybridized carbons (Fsp3) is 0.733. The molecule has 24 heavy (non-hydrogen) atoms. The molecule has 2 aliphatic rings. The average Bonchev–Trinajstić information content (AvgIpc) is 3.00. The Labute approximate surface area is 142 Å². The van der Waals surface area contributed by atoms with Gasteiger partial charge in [-0.05, 0) is 20.8 Å². The third-order valence-corrected chi connectivity index (χ3v) is 6.45. The van der Waals surface area contributed by atoms with Crippen molar-refractivity contribution < 1.29 is 13.2 Å². The number of aryl methyl sites for hydroxylation is 1. The van der Waals surface area contributed by atoms with E-state index in [0.717, 1.165) is 11.4 Å². The van der Waals surface area contributed by atoms with E-state index in [2.05, 4.69) is 20.2 Å². The lowest BCUT2D eigenvalue weighted by Crippen LogP contribution is -2.62. The number of H-pyrrole nitrogens is 1. The van der Waals surface area contributed by atoms with Crippen molar-refractivity contribution in [1.29, 1.82) is 0 Å². The summed E-state index contributed by atoms with van der Waals surface area (Å²) in [5, 5.41) is 2.88. The number of fused-ring (bicyclic) bond motifs is 1. The number of aromatic nitrogens is 2. The predicted octanol–water partition coefficient (Wildman–Crippen LogP) is 0.119. The molecule has 0 saturated carbocycles. The maximum Gasteiger partial charge on any atom is 0.317 e. The van der Waals surface area contributed by atoms with Crippen molar-refractivity contribution in [2.75, 3.05) is 24.6 Å². The number of carbonyl (C=O) groups excluding carboxylic acids is 1. The molecule has 0 aromatic carbocycles. The molecule has 3 rings (SSSR count). The van der Waals surface area contributed by atoms with Crippen LogP contribution in [0.15, 0.2) is 6.33 Å². The SMILES string of the molecule is Cc1[nH]cnc1CN1CCN(C(=O)NC(C)C)[C@@H]2CS(=O)(=O)C[C@@H]21. The Morgan fingerprint density at radius 1 is 1.38 bits per heavy atom. The first-order valence-corrected chi connectivity index (χ1v) is 10.1. The fourth-order valence-electron chi connectivity index (χ4n) is 3.54. The zero-order valence-electron chi connectivity index (χ0n) is 14.3. The summed E-state index contributed by atoms with van der Waals surface area (Å²) < 4.78 is 24.4. The first kappa shape index (κ1) is 17.2. The molecule has 0 unspecified atom stereocenters. The fourth-order valence-corrected chi connectivity index (χ4v) is 5.55. The van der Waals surface area contributed by atoms with Crippen molar-refractivity contribution in [3.05, 3.63) is 17.7 Å². The first-order chi connectivity index (χ1) is 11.3. The van der Waals surface area contributed by atoms with Crippen LogP contribution in [0.2, 0.25) is 0 Å². The minimum atomic E-state index is -3.14. The van der Waals surface area contributed by atoms with E-state index in [1.54, 1.807) is 11.2 Å². The van der Waals surface area contributed by atoms with Crippen LogP contribution in [0.1, 0.15) is 25.2 Å². The van der Waals surface area contributed by atoms with Gasteiger partial charge >= 0.3 is 6.03 Å². The van der Waals surface area contributed by atoms with Gasteiger partial charge in [-0.15, -0.1) is 0 Å². The number of urea groups is 1. The predicted molar refractivity (Wildman–Crippen MR) is 90.3 cm³/mol. The monoisotopic (exact) mass is 355 g/mol. The summed E-state index contributed by atoms with van der Waals surface area (Å²) in [6.07, 6.45) is 1.65. The molecule has 1 aromatic rings. The van der Waals surface area contributed by atoms with Crippen molar-refractivity contribution in [3.8, 4) is 0 Å². The highest BCUT2D eigenvalue weighted by molar-refractivity contribution is 7.91. The number of hydrogen-bond donors (Lipinski definition) is 2. The van der Waals surface area contributed by atoms with Crippen LogP contribution in [0.5, 0.6) is 0 Å².